The second-order valence-electron chi connectivity index (χ2n) is 6.19. The third-order valence-electron chi connectivity index (χ3n) is 4.41. The van der Waals surface area contributed by atoms with Crippen molar-refractivity contribution in [2.24, 2.45) is 5.73 Å². The third kappa shape index (κ3) is 3.52. The van der Waals surface area contributed by atoms with Crippen molar-refractivity contribution in [3.05, 3.63) is 35.6 Å². The Morgan fingerprint density at radius 3 is 2.84 bits per heavy atom. The molecule has 9 heteroatoms. The lowest BCUT2D eigenvalue weighted by molar-refractivity contribution is 0.247. The Balaban J connectivity index is 1.95. The summed E-state index contributed by atoms with van der Waals surface area (Å²) in [6, 6.07) is 4.98. The minimum Gasteiger partial charge on any atom is -0.494 e. The lowest BCUT2D eigenvalue weighted by Gasteiger charge is -2.34. The molecule has 7 nitrogen and oxygen atoms in total. The number of aromatic nitrogens is 2. The smallest absolute Gasteiger partial charge is 0.246 e. The van der Waals surface area contributed by atoms with E-state index in [0.717, 1.165) is 0 Å². The summed E-state index contributed by atoms with van der Waals surface area (Å²) in [5.41, 5.74) is 6.51. The molecule has 1 aromatic heterocycles. The Bertz CT molecular complexity index is 868. The molecule has 0 aliphatic carbocycles. The minimum absolute atomic E-state index is 0.0416. The first-order valence-electron chi connectivity index (χ1n) is 7.99. The van der Waals surface area contributed by atoms with Crippen molar-refractivity contribution in [3.8, 4) is 11.4 Å². The van der Waals surface area contributed by atoms with Crippen molar-refractivity contribution in [2.45, 2.75) is 36.7 Å². The zero-order valence-corrected chi connectivity index (χ0v) is 15.7. The van der Waals surface area contributed by atoms with Crippen molar-refractivity contribution < 1.29 is 13.2 Å². The Morgan fingerprint density at radius 1 is 1.40 bits per heavy atom. The summed E-state index contributed by atoms with van der Waals surface area (Å²) < 4.78 is 34.1. The van der Waals surface area contributed by atoms with Gasteiger partial charge in [0.2, 0.25) is 10.0 Å². The van der Waals surface area contributed by atoms with Gasteiger partial charge in [-0.3, -0.25) is 0 Å². The molecule has 1 aromatic carbocycles. The summed E-state index contributed by atoms with van der Waals surface area (Å²) in [5, 5.41) is 4.69. The number of nitrogens with zero attached hydrogens (tertiary/aromatic N) is 3. The van der Waals surface area contributed by atoms with Crippen LogP contribution in [0.4, 0.5) is 0 Å². The minimum atomic E-state index is -3.63. The van der Waals surface area contributed by atoms with Crippen LogP contribution in [-0.4, -0.2) is 48.2 Å². The standard InChI is InChI=1S/C16H21ClN4O3S/c1-11-7-13(18)5-6-21(11)25(22,23)14-9-19-20(10-14)15-8-12(17)3-4-16(15)24-2/h3-4,8-11,13H,5-7,18H2,1-2H3/t11-,13+/m1/s1. The number of rotatable bonds is 4. The fourth-order valence-corrected chi connectivity index (χ4v) is 4.85. The molecule has 0 saturated carbocycles. The summed E-state index contributed by atoms with van der Waals surface area (Å²) in [6.45, 7) is 2.29. The fraction of sp³-hybridized carbons (Fsp3) is 0.438. The van der Waals surface area contributed by atoms with E-state index in [1.165, 1.54) is 28.5 Å². The highest BCUT2D eigenvalue weighted by atomic mass is 35.5. The lowest BCUT2D eigenvalue weighted by atomic mass is 10.0. The number of hydrogen-bond acceptors (Lipinski definition) is 5. The molecule has 1 saturated heterocycles. The van der Waals surface area contributed by atoms with Gasteiger partial charge < -0.3 is 10.5 Å². The Kier molecular flexibility index (Phi) is 5.06. The Morgan fingerprint density at radius 2 is 2.16 bits per heavy atom. The number of nitrogens with two attached hydrogens (primary N) is 1. The van der Waals surface area contributed by atoms with E-state index >= 15 is 0 Å². The molecule has 1 aliphatic heterocycles. The number of halogens is 1. The third-order valence-corrected chi connectivity index (χ3v) is 6.61. The van der Waals surface area contributed by atoms with Crippen LogP contribution in [0.2, 0.25) is 5.02 Å². The van der Waals surface area contributed by atoms with Gasteiger partial charge in [0, 0.05) is 23.7 Å². The number of benzene rings is 1. The molecular weight excluding hydrogens is 364 g/mol. The molecule has 0 unspecified atom stereocenters. The average molecular weight is 385 g/mol. The predicted octanol–water partition coefficient (Wildman–Crippen LogP) is 2.03. The van der Waals surface area contributed by atoms with Crippen LogP contribution in [0.1, 0.15) is 19.8 Å². The van der Waals surface area contributed by atoms with E-state index in [1.54, 1.807) is 18.2 Å². The summed E-state index contributed by atoms with van der Waals surface area (Å²) in [7, 11) is -2.10. The maximum Gasteiger partial charge on any atom is 0.246 e. The molecule has 0 amide bonds. The first kappa shape index (κ1) is 18.2. The second kappa shape index (κ2) is 6.95. The van der Waals surface area contributed by atoms with Crippen LogP contribution in [0, 0.1) is 0 Å². The van der Waals surface area contributed by atoms with Crippen LogP contribution >= 0.6 is 11.6 Å². The highest BCUT2D eigenvalue weighted by Gasteiger charge is 2.34. The lowest BCUT2D eigenvalue weighted by Crippen LogP contribution is -2.48. The van der Waals surface area contributed by atoms with Gasteiger partial charge >= 0.3 is 0 Å². The van der Waals surface area contributed by atoms with E-state index in [2.05, 4.69) is 5.10 Å². The zero-order valence-electron chi connectivity index (χ0n) is 14.1. The van der Waals surface area contributed by atoms with Crippen LogP contribution in [0.15, 0.2) is 35.5 Å². The van der Waals surface area contributed by atoms with Crippen LogP contribution in [0.3, 0.4) is 0 Å². The SMILES string of the molecule is COc1ccc(Cl)cc1-n1cc(S(=O)(=O)N2CC[C@H](N)C[C@H]2C)cn1. The molecule has 2 heterocycles. The monoisotopic (exact) mass is 384 g/mol. The number of piperidine rings is 1. The highest BCUT2D eigenvalue weighted by Crippen LogP contribution is 2.28. The molecule has 0 bridgehead atoms. The molecule has 2 N–H and O–H groups in total. The van der Waals surface area contributed by atoms with E-state index < -0.39 is 10.0 Å². The van der Waals surface area contributed by atoms with Gasteiger partial charge in [0.25, 0.3) is 0 Å². The van der Waals surface area contributed by atoms with Gasteiger partial charge in [0.15, 0.2) is 0 Å². The van der Waals surface area contributed by atoms with Crippen molar-refractivity contribution >= 4 is 21.6 Å². The van der Waals surface area contributed by atoms with E-state index in [0.29, 0.717) is 35.8 Å². The molecule has 2 atom stereocenters. The zero-order chi connectivity index (χ0) is 18.2. The van der Waals surface area contributed by atoms with Crippen molar-refractivity contribution in [1.29, 1.82) is 0 Å². The van der Waals surface area contributed by atoms with Gasteiger partial charge in [0.1, 0.15) is 16.3 Å². The van der Waals surface area contributed by atoms with Gasteiger partial charge in [-0.1, -0.05) is 11.6 Å². The molecule has 1 aliphatic rings. The van der Waals surface area contributed by atoms with E-state index in [-0.39, 0.29) is 17.0 Å². The van der Waals surface area contributed by atoms with Crippen LogP contribution < -0.4 is 10.5 Å². The molecule has 25 heavy (non-hydrogen) atoms. The number of methoxy groups -OCH3 is 1. The number of sulfonamides is 1. The molecular formula is C16H21ClN4O3S. The van der Waals surface area contributed by atoms with E-state index in [9.17, 15) is 8.42 Å². The van der Waals surface area contributed by atoms with E-state index in [4.69, 9.17) is 22.1 Å². The van der Waals surface area contributed by atoms with Gasteiger partial charge in [-0.25, -0.2) is 13.1 Å². The highest BCUT2D eigenvalue weighted by molar-refractivity contribution is 7.89. The van der Waals surface area contributed by atoms with E-state index in [1.807, 2.05) is 6.92 Å². The predicted molar refractivity (Wildman–Crippen MR) is 95.7 cm³/mol. The summed E-state index contributed by atoms with van der Waals surface area (Å²) in [4.78, 5) is 0.136. The van der Waals surface area contributed by atoms with Crippen LogP contribution in [0.25, 0.3) is 5.69 Å². The van der Waals surface area contributed by atoms with Crippen molar-refractivity contribution in [1.82, 2.24) is 14.1 Å². The summed E-state index contributed by atoms with van der Waals surface area (Å²) in [5.74, 6) is 0.550. The first-order valence-corrected chi connectivity index (χ1v) is 9.80. The quantitative estimate of drug-likeness (QED) is 0.871. The van der Waals surface area contributed by atoms with Crippen molar-refractivity contribution in [3.63, 3.8) is 0 Å². The van der Waals surface area contributed by atoms with Crippen LogP contribution in [-0.2, 0) is 10.0 Å². The second-order valence-corrected chi connectivity index (χ2v) is 8.51. The summed E-state index contributed by atoms with van der Waals surface area (Å²) in [6.07, 6.45) is 4.12. The molecule has 136 valence electrons. The number of hydrogen-bond donors (Lipinski definition) is 1. The van der Waals surface area contributed by atoms with Crippen LogP contribution in [0.5, 0.6) is 5.75 Å². The maximum atomic E-state index is 12.9. The van der Waals surface area contributed by atoms with Gasteiger partial charge in [-0.15, -0.1) is 0 Å². The first-order chi connectivity index (χ1) is 11.8. The molecule has 3 rings (SSSR count). The molecule has 0 spiro atoms. The molecule has 0 radical (unpaired) electrons. The van der Waals surface area contributed by atoms with Gasteiger partial charge in [-0.05, 0) is 38.0 Å². The maximum absolute atomic E-state index is 12.9. The Hall–Kier alpha value is -1.61. The largest absolute Gasteiger partial charge is 0.494 e. The summed E-state index contributed by atoms with van der Waals surface area (Å²) >= 11 is 6.04. The number of ether oxygens (including phenoxy) is 1. The van der Waals surface area contributed by atoms with Crippen molar-refractivity contribution in [2.75, 3.05) is 13.7 Å². The normalized spacial score (nSPS) is 22.1. The average Bonchev–Trinajstić information content (AvgIpc) is 3.05. The van der Waals surface area contributed by atoms with Gasteiger partial charge in [0.05, 0.1) is 19.5 Å². The molecule has 2 aromatic rings. The van der Waals surface area contributed by atoms with Gasteiger partial charge in [-0.2, -0.15) is 9.40 Å². The molecule has 1 fully saturated rings. The topological polar surface area (TPSA) is 90.5 Å². The Labute approximate surface area is 152 Å². The fourth-order valence-electron chi connectivity index (χ4n) is 3.09.